The Morgan fingerprint density at radius 3 is 2.54 bits per heavy atom. The van der Waals surface area contributed by atoms with Crippen LogP contribution in [0.4, 0.5) is 10.5 Å². The topological polar surface area (TPSA) is 131 Å². The number of nitrogens with one attached hydrogen (secondary N) is 1. The second kappa shape index (κ2) is 10.7. The zero-order valence-electron chi connectivity index (χ0n) is 20.1. The van der Waals surface area contributed by atoms with Crippen LogP contribution >= 0.6 is 0 Å². The standard InChI is InChI=1S/C23H28N2O9S/c1-15-12-17(13-18-21(15)25-22(26)32-23(18,2)3)31-11-7-6-10-24-34-35(27,28)33-16-8-9-19(29-4)20(14-16)30-5/h8-10,12-14H,6-7,11H2,1-5H3,(H,25,26). The van der Waals surface area contributed by atoms with Gasteiger partial charge < -0.3 is 23.1 Å². The van der Waals surface area contributed by atoms with E-state index < -0.39 is 22.1 Å². The Kier molecular flexibility index (Phi) is 7.95. The number of amides is 1. The highest BCUT2D eigenvalue weighted by molar-refractivity contribution is 7.82. The normalized spacial score (nSPS) is 14.5. The van der Waals surface area contributed by atoms with Gasteiger partial charge in [0, 0.05) is 17.8 Å². The lowest BCUT2D eigenvalue weighted by molar-refractivity contribution is 0.0417. The summed E-state index contributed by atoms with van der Waals surface area (Å²) in [5, 5.41) is 6.17. The molecule has 0 saturated heterocycles. The Balaban J connectivity index is 1.47. The maximum atomic E-state index is 12.0. The third kappa shape index (κ3) is 6.69. The molecular weight excluding hydrogens is 480 g/mol. The summed E-state index contributed by atoms with van der Waals surface area (Å²) in [5.74, 6) is 1.35. The number of methoxy groups -OCH3 is 2. The van der Waals surface area contributed by atoms with E-state index in [1.165, 1.54) is 38.6 Å². The Morgan fingerprint density at radius 1 is 1.09 bits per heavy atom. The average molecular weight is 509 g/mol. The van der Waals surface area contributed by atoms with Crippen LogP contribution in [0.25, 0.3) is 0 Å². The minimum absolute atomic E-state index is 0.0141. The second-order valence-corrected chi connectivity index (χ2v) is 9.18. The monoisotopic (exact) mass is 508 g/mol. The van der Waals surface area contributed by atoms with Gasteiger partial charge in [-0.2, -0.15) is 0 Å². The maximum Gasteiger partial charge on any atom is 0.521 e. The molecule has 2 aromatic carbocycles. The number of aryl methyl sites for hydroxylation is 1. The molecule has 0 aliphatic carbocycles. The van der Waals surface area contributed by atoms with Gasteiger partial charge >= 0.3 is 16.5 Å². The zero-order chi connectivity index (χ0) is 25.6. The number of benzene rings is 2. The van der Waals surface area contributed by atoms with Crippen LogP contribution in [0.1, 0.15) is 37.8 Å². The van der Waals surface area contributed by atoms with Crippen LogP contribution in [-0.2, 0) is 25.0 Å². The summed E-state index contributed by atoms with van der Waals surface area (Å²) in [6.45, 7) is 5.86. The Labute approximate surface area is 204 Å². The fourth-order valence-corrected chi connectivity index (χ4v) is 3.93. The summed E-state index contributed by atoms with van der Waals surface area (Å²) in [5.41, 5.74) is 1.62. The smallest absolute Gasteiger partial charge is 0.494 e. The van der Waals surface area contributed by atoms with Crippen LogP contribution in [0.15, 0.2) is 35.5 Å². The summed E-state index contributed by atoms with van der Waals surface area (Å²) >= 11 is 0. The third-order valence-electron chi connectivity index (χ3n) is 5.04. The van der Waals surface area contributed by atoms with E-state index in [1.807, 2.05) is 32.9 Å². The SMILES string of the molecule is COc1ccc(OS(=O)(=O)ON=CCCCOc2cc(C)c3c(c2)C(C)(C)OC(=O)N3)cc1OC. The molecule has 1 heterocycles. The summed E-state index contributed by atoms with van der Waals surface area (Å²) in [7, 11) is -1.53. The molecule has 2 aromatic rings. The number of hydrogen-bond acceptors (Lipinski definition) is 10. The van der Waals surface area contributed by atoms with E-state index in [2.05, 4.69) is 14.8 Å². The summed E-state index contributed by atoms with van der Waals surface area (Å²) in [6, 6.07) is 7.91. The summed E-state index contributed by atoms with van der Waals surface area (Å²) < 4.78 is 54.6. The molecular formula is C23H28N2O9S. The van der Waals surface area contributed by atoms with Gasteiger partial charge in [0.15, 0.2) is 11.5 Å². The maximum absolute atomic E-state index is 12.0. The van der Waals surface area contributed by atoms with Gasteiger partial charge in [-0.1, -0.05) is 5.16 Å². The van der Waals surface area contributed by atoms with E-state index >= 15 is 0 Å². The van der Waals surface area contributed by atoms with Crippen LogP contribution in [0.3, 0.4) is 0 Å². The van der Waals surface area contributed by atoms with Gasteiger partial charge in [0.1, 0.15) is 17.1 Å². The molecule has 35 heavy (non-hydrogen) atoms. The number of anilines is 1. The van der Waals surface area contributed by atoms with Crippen molar-refractivity contribution in [3.63, 3.8) is 0 Å². The van der Waals surface area contributed by atoms with Crippen LogP contribution < -0.4 is 23.7 Å². The molecule has 0 unspecified atom stereocenters. The molecule has 0 aromatic heterocycles. The molecule has 1 aliphatic heterocycles. The van der Waals surface area contributed by atoms with Gasteiger partial charge in [-0.3, -0.25) is 5.32 Å². The first-order chi connectivity index (χ1) is 16.5. The number of ether oxygens (including phenoxy) is 4. The van der Waals surface area contributed by atoms with E-state index in [4.69, 9.17) is 23.1 Å². The molecule has 0 radical (unpaired) electrons. The largest absolute Gasteiger partial charge is 0.521 e. The molecule has 0 fully saturated rings. The van der Waals surface area contributed by atoms with Crippen LogP contribution in [0.5, 0.6) is 23.0 Å². The number of carbonyl (C=O) groups excluding carboxylic acids is 1. The predicted molar refractivity (Wildman–Crippen MR) is 128 cm³/mol. The molecule has 1 N–H and O–H groups in total. The fraction of sp³-hybridized carbons (Fsp3) is 0.391. The number of oxime groups is 1. The number of fused-ring (bicyclic) bond motifs is 1. The molecule has 190 valence electrons. The van der Waals surface area contributed by atoms with Crippen molar-refractivity contribution < 1.29 is 40.6 Å². The molecule has 1 aliphatic rings. The van der Waals surface area contributed by atoms with E-state index in [-0.39, 0.29) is 5.75 Å². The Hall–Kier alpha value is -3.67. The van der Waals surface area contributed by atoms with E-state index in [1.54, 1.807) is 0 Å². The van der Waals surface area contributed by atoms with Crippen molar-refractivity contribution in [2.45, 2.75) is 39.2 Å². The minimum Gasteiger partial charge on any atom is -0.494 e. The van der Waals surface area contributed by atoms with E-state index in [9.17, 15) is 13.2 Å². The van der Waals surface area contributed by atoms with Gasteiger partial charge in [-0.05, 0) is 63.4 Å². The Morgan fingerprint density at radius 2 is 1.83 bits per heavy atom. The Bertz CT molecular complexity index is 1210. The van der Waals surface area contributed by atoms with Crippen molar-refractivity contribution in [2.75, 3.05) is 26.1 Å². The fourth-order valence-electron chi connectivity index (χ4n) is 3.39. The number of cyclic esters (lactones) is 1. The van der Waals surface area contributed by atoms with Crippen molar-refractivity contribution in [2.24, 2.45) is 5.16 Å². The molecule has 3 rings (SSSR count). The van der Waals surface area contributed by atoms with Crippen LogP contribution in [0.2, 0.25) is 0 Å². The van der Waals surface area contributed by atoms with Crippen LogP contribution in [-0.4, -0.2) is 41.6 Å². The van der Waals surface area contributed by atoms with Gasteiger partial charge in [-0.15, -0.1) is 8.42 Å². The van der Waals surface area contributed by atoms with Crippen molar-refractivity contribution in [3.8, 4) is 23.0 Å². The lowest BCUT2D eigenvalue weighted by Crippen LogP contribution is -2.35. The van der Waals surface area contributed by atoms with Crippen molar-refractivity contribution >= 4 is 28.4 Å². The van der Waals surface area contributed by atoms with Gasteiger partial charge in [0.05, 0.1) is 26.5 Å². The van der Waals surface area contributed by atoms with Crippen molar-refractivity contribution in [1.29, 1.82) is 0 Å². The van der Waals surface area contributed by atoms with Crippen molar-refractivity contribution in [3.05, 3.63) is 41.5 Å². The highest BCUT2D eigenvalue weighted by atomic mass is 32.3. The molecule has 0 spiro atoms. The molecule has 0 atom stereocenters. The number of carbonyl (C=O) groups is 1. The van der Waals surface area contributed by atoms with E-state index in [0.29, 0.717) is 36.7 Å². The second-order valence-electron chi connectivity index (χ2n) is 8.05. The molecule has 12 heteroatoms. The first-order valence-corrected chi connectivity index (χ1v) is 12.0. The third-order valence-corrected chi connectivity index (χ3v) is 5.71. The highest BCUT2D eigenvalue weighted by Gasteiger charge is 2.34. The van der Waals surface area contributed by atoms with Gasteiger partial charge in [0.2, 0.25) is 0 Å². The van der Waals surface area contributed by atoms with Gasteiger partial charge in [0.25, 0.3) is 0 Å². The van der Waals surface area contributed by atoms with Crippen molar-refractivity contribution in [1.82, 2.24) is 0 Å². The zero-order valence-corrected chi connectivity index (χ0v) is 20.9. The molecule has 11 nitrogen and oxygen atoms in total. The first kappa shape index (κ1) is 25.9. The predicted octanol–water partition coefficient (Wildman–Crippen LogP) is 4.29. The molecule has 0 saturated carbocycles. The lowest BCUT2D eigenvalue weighted by atomic mass is 9.92. The quantitative estimate of drug-likeness (QED) is 0.268. The number of rotatable bonds is 11. The first-order valence-electron chi connectivity index (χ1n) is 10.7. The van der Waals surface area contributed by atoms with Gasteiger partial charge in [-0.25, -0.2) is 9.08 Å². The summed E-state index contributed by atoms with van der Waals surface area (Å²) in [6.07, 6.45) is 1.78. The minimum atomic E-state index is -4.41. The number of hydrogen-bond donors (Lipinski definition) is 1. The average Bonchev–Trinajstić information content (AvgIpc) is 2.78. The lowest BCUT2D eigenvalue weighted by Gasteiger charge is -2.33. The molecule has 1 amide bonds. The molecule has 0 bridgehead atoms. The van der Waals surface area contributed by atoms with Crippen LogP contribution in [0, 0.1) is 6.92 Å². The number of nitrogens with zero attached hydrogens (tertiary/aromatic N) is 1. The van der Waals surface area contributed by atoms with E-state index in [0.717, 1.165) is 16.8 Å². The highest BCUT2D eigenvalue weighted by Crippen LogP contribution is 2.40. The number of unbranched alkanes of at least 4 members (excludes halogenated alkanes) is 1. The summed E-state index contributed by atoms with van der Waals surface area (Å²) in [4.78, 5) is 11.7.